The third-order valence-corrected chi connectivity index (χ3v) is 2.57. The fraction of sp³-hybridized carbons (Fsp3) is 0.600. The maximum Gasteiger partial charge on any atom is 0.0230 e. The number of nitrogens with zero attached hydrogens (tertiary/aromatic N) is 1. The van der Waals surface area contributed by atoms with E-state index in [9.17, 15) is 0 Å². The molecule has 0 fully saturated rings. The summed E-state index contributed by atoms with van der Waals surface area (Å²) in [7, 11) is 4.25. The third kappa shape index (κ3) is 4.36. The van der Waals surface area contributed by atoms with Gasteiger partial charge in [0.05, 0.1) is 0 Å². The van der Waals surface area contributed by atoms with Crippen molar-refractivity contribution in [3.8, 4) is 0 Å². The molecule has 1 heteroatoms. The van der Waals surface area contributed by atoms with Crippen LogP contribution in [0.2, 0.25) is 0 Å². The zero-order valence-electron chi connectivity index (χ0n) is 11.6. The van der Waals surface area contributed by atoms with Crippen LogP contribution in [0.3, 0.4) is 0 Å². The zero-order chi connectivity index (χ0) is 12.3. The molecule has 0 heterocycles. The summed E-state index contributed by atoms with van der Waals surface area (Å²) in [6, 6.07) is 6.82. The number of hydrogen-bond acceptors (Lipinski definition) is 1. The number of rotatable bonds is 3. The van der Waals surface area contributed by atoms with Gasteiger partial charge in [-0.05, 0) is 44.0 Å². The predicted molar refractivity (Wildman–Crippen MR) is 71.7 cm³/mol. The third-order valence-electron chi connectivity index (χ3n) is 2.57. The van der Waals surface area contributed by atoms with Crippen LogP contribution in [0.25, 0.3) is 0 Å². The Morgan fingerprint density at radius 2 is 1.69 bits per heavy atom. The van der Waals surface area contributed by atoms with Crippen molar-refractivity contribution >= 4 is 0 Å². The van der Waals surface area contributed by atoms with E-state index in [0.29, 0.717) is 5.41 Å². The average molecular weight is 219 g/mol. The van der Waals surface area contributed by atoms with Crippen molar-refractivity contribution in [1.82, 2.24) is 4.90 Å². The molecule has 0 aliphatic carbocycles. The largest absolute Gasteiger partial charge is 0.305 e. The fourth-order valence-electron chi connectivity index (χ4n) is 1.99. The smallest absolute Gasteiger partial charge is 0.0230 e. The van der Waals surface area contributed by atoms with Crippen LogP contribution in [0.5, 0.6) is 0 Å². The highest BCUT2D eigenvalue weighted by Crippen LogP contribution is 2.24. The SMILES string of the molecule is Cc1ccc(CN(C)C)c(CC(C)(C)C)c1. The Morgan fingerprint density at radius 1 is 1.06 bits per heavy atom. The van der Waals surface area contributed by atoms with Crippen molar-refractivity contribution in [3.05, 3.63) is 34.9 Å². The fourth-order valence-corrected chi connectivity index (χ4v) is 1.99. The summed E-state index contributed by atoms with van der Waals surface area (Å²) in [4.78, 5) is 2.23. The minimum Gasteiger partial charge on any atom is -0.305 e. The lowest BCUT2D eigenvalue weighted by Gasteiger charge is -2.22. The molecule has 1 nitrogen and oxygen atoms in total. The molecule has 0 spiro atoms. The van der Waals surface area contributed by atoms with Crippen LogP contribution in [0.1, 0.15) is 37.5 Å². The second-order valence-electron chi connectivity index (χ2n) is 6.25. The molecule has 1 aromatic carbocycles. The van der Waals surface area contributed by atoms with Gasteiger partial charge in [0.1, 0.15) is 0 Å². The highest BCUT2D eigenvalue weighted by molar-refractivity contribution is 5.32. The summed E-state index contributed by atoms with van der Waals surface area (Å²) in [6.07, 6.45) is 1.15. The van der Waals surface area contributed by atoms with E-state index in [0.717, 1.165) is 13.0 Å². The van der Waals surface area contributed by atoms with Gasteiger partial charge in [0.2, 0.25) is 0 Å². The molecule has 0 saturated carbocycles. The first-order valence-corrected chi connectivity index (χ1v) is 6.01. The van der Waals surface area contributed by atoms with Crippen molar-refractivity contribution in [1.29, 1.82) is 0 Å². The van der Waals surface area contributed by atoms with Crippen LogP contribution in [-0.4, -0.2) is 19.0 Å². The average Bonchev–Trinajstić information content (AvgIpc) is 2.06. The summed E-state index contributed by atoms with van der Waals surface area (Å²) >= 11 is 0. The van der Waals surface area contributed by atoms with Crippen LogP contribution in [0, 0.1) is 12.3 Å². The van der Waals surface area contributed by atoms with E-state index >= 15 is 0 Å². The summed E-state index contributed by atoms with van der Waals surface area (Å²) in [5.41, 5.74) is 4.68. The second-order valence-corrected chi connectivity index (χ2v) is 6.25. The van der Waals surface area contributed by atoms with Gasteiger partial charge < -0.3 is 4.90 Å². The van der Waals surface area contributed by atoms with E-state index in [1.165, 1.54) is 16.7 Å². The van der Waals surface area contributed by atoms with Gasteiger partial charge in [-0.2, -0.15) is 0 Å². The minimum atomic E-state index is 0.356. The molecule has 0 atom stereocenters. The topological polar surface area (TPSA) is 3.24 Å². The molecule has 0 unspecified atom stereocenters. The normalized spacial score (nSPS) is 12.2. The first-order valence-electron chi connectivity index (χ1n) is 6.01. The lowest BCUT2D eigenvalue weighted by atomic mass is 9.85. The van der Waals surface area contributed by atoms with E-state index in [1.807, 2.05) is 0 Å². The van der Waals surface area contributed by atoms with E-state index in [4.69, 9.17) is 0 Å². The summed E-state index contributed by atoms with van der Waals surface area (Å²) in [5, 5.41) is 0. The van der Waals surface area contributed by atoms with Gasteiger partial charge in [-0.25, -0.2) is 0 Å². The zero-order valence-corrected chi connectivity index (χ0v) is 11.6. The highest BCUT2D eigenvalue weighted by atomic mass is 15.0. The molecule has 16 heavy (non-hydrogen) atoms. The molecule has 0 amide bonds. The van der Waals surface area contributed by atoms with Crippen LogP contribution >= 0.6 is 0 Å². The molecule has 1 aromatic rings. The Kier molecular flexibility index (Phi) is 4.15. The molecule has 0 aliphatic heterocycles. The molecule has 0 aliphatic rings. The standard InChI is InChI=1S/C15H25N/c1-12-7-8-13(11-16(5)6)14(9-12)10-15(2,3)4/h7-9H,10-11H2,1-6H3. The van der Waals surface area contributed by atoms with Gasteiger partial charge in [-0.1, -0.05) is 44.5 Å². The number of hydrogen-bond donors (Lipinski definition) is 0. The summed E-state index contributed by atoms with van der Waals surface area (Å²) in [6.45, 7) is 10.1. The van der Waals surface area contributed by atoms with Crippen molar-refractivity contribution in [2.45, 2.75) is 40.7 Å². The van der Waals surface area contributed by atoms with Gasteiger partial charge in [0.25, 0.3) is 0 Å². The van der Waals surface area contributed by atoms with Gasteiger partial charge >= 0.3 is 0 Å². The van der Waals surface area contributed by atoms with Gasteiger partial charge in [-0.15, -0.1) is 0 Å². The Balaban J connectivity index is 2.98. The lowest BCUT2D eigenvalue weighted by Crippen LogP contribution is -2.16. The van der Waals surface area contributed by atoms with Crippen molar-refractivity contribution in [3.63, 3.8) is 0 Å². The van der Waals surface area contributed by atoms with Crippen LogP contribution < -0.4 is 0 Å². The summed E-state index contributed by atoms with van der Waals surface area (Å²) in [5.74, 6) is 0. The van der Waals surface area contributed by atoms with Gasteiger partial charge in [0, 0.05) is 6.54 Å². The molecule has 0 saturated heterocycles. The Morgan fingerprint density at radius 3 is 2.19 bits per heavy atom. The molecule has 0 N–H and O–H groups in total. The van der Waals surface area contributed by atoms with E-state index in [-0.39, 0.29) is 0 Å². The second kappa shape index (κ2) is 5.01. The molecule has 0 radical (unpaired) electrons. The van der Waals surface area contributed by atoms with Gasteiger partial charge in [0.15, 0.2) is 0 Å². The predicted octanol–water partition coefficient (Wildman–Crippen LogP) is 3.65. The molecule has 1 rings (SSSR count). The number of benzene rings is 1. The first kappa shape index (κ1) is 13.2. The van der Waals surface area contributed by atoms with Gasteiger partial charge in [-0.3, -0.25) is 0 Å². The van der Waals surface area contributed by atoms with Crippen molar-refractivity contribution in [2.24, 2.45) is 5.41 Å². The van der Waals surface area contributed by atoms with Crippen LogP contribution in [0.15, 0.2) is 18.2 Å². The van der Waals surface area contributed by atoms with E-state index in [1.54, 1.807) is 0 Å². The highest BCUT2D eigenvalue weighted by Gasteiger charge is 2.14. The Hall–Kier alpha value is -0.820. The molecular formula is C15H25N. The molecule has 0 bridgehead atoms. The molecular weight excluding hydrogens is 194 g/mol. The monoisotopic (exact) mass is 219 g/mol. The van der Waals surface area contributed by atoms with E-state index in [2.05, 4.69) is 64.9 Å². The lowest BCUT2D eigenvalue weighted by molar-refractivity contribution is 0.386. The number of aryl methyl sites for hydroxylation is 1. The first-order chi connectivity index (χ1) is 7.28. The Bertz CT molecular complexity index is 345. The molecule has 90 valence electrons. The van der Waals surface area contributed by atoms with Crippen LogP contribution in [0.4, 0.5) is 0 Å². The molecule has 0 aromatic heterocycles. The maximum absolute atomic E-state index is 2.34. The maximum atomic E-state index is 2.34. The van der Waals surface area contributed by atoms with E-state index < -0.39 is 0 Å². The Labute approximate surface area is 100 Å². The quantitative estimate of drug-likeness (QED) is 0.750. The summed E-state index contributed by atoms with van der Waals surface area (Å²) < 4.78 is 0. The van der Waals surface area contributed by atoms with Crippen molar-refractivity contribution < 1.29 is 0 Å². The minimum absolute atomic E-state index is 0.356. The van der Waals surface area contributed by atoms with Crippen LogP contribution in [-0.2, 0) is 13.0 Å². The van der Waals surface area contributed by atoms with Crippen molar-refractivity contribution in [2.75, 3.05) is 14.1 Å².